The summed E-state index contributed by atoms with van der Waals surface area (Å²) in [7, 11) is -5.29. The van der Waals surface area contributed by atoms with Gasteiger partial charge in [0, 0.05) is 17.5 Å². The second-order valence-corrected chi connectivity index (χ2v) is 13.5. The van der Waals surface area contributed by atoms with Crippen molar-refractivity contribution in [2.75, 3.05) is 13.2 Å². The van der Waals surface area contributed by atoms with E-state index in [4.69, 9.17) is 23.7 Å². The smallest absolute Gasteiger partial charge is 0.394 e. The molecule has 20 heteroatoms. The van der Waals surface area contributed by atoms with Gasteiger partial charge in [0.15, 0.2) is 18.8 Å². The van der Waals surface area contributed by atoms with Gasteiger partial charge in [-0.1, -0.05) is 36.4 Å². The molecule has 3 saturated heterocycles. The van der Waals surface area contributed by atoms with Gasteiger partial charge in [0.1, 0.15) is 54.9 Å². The summed E-state index contributed by atoms with van der Waals surface area (Å²) >= 11 is 0. The summed E-state index contributed by atoms with van der Waals surface area (Å²) in [6.45, 7) is -0.237. The highest BCUT2D eigenvalue weighted by Crippen LogP contribution is 2.34. The summed E-state index contributed by atoms with van der Waals surface area (Å²) in [6, 6.07) is 14.3. The normalized spacial score (nSPS) is 36.8. The van der Waals surface area contributed by atoms with E-state index in [1.165, 1.54) is 24.3 Å². The van der Waals surface area contributed by atoms with Crippen LogP contribution in [-0.4, -0.2) is 155 Å². The first kappa shape index (κ1) is 40.0. The van der Waals surface area contributed by atoms with Crippen molar-refractivity contribution in [3.8, 4) is 0 Å². The molecule has 3 heterocycles. The van der Waals surface area contributed by atoms with Gasteiger partial charge in [-0.2, -0.15) is 8.42 Å². The lowest BCUT2D eigenvalue weighted by molar-refractivity contribution is -0.355. The van der Waals surface area contributed by atoms with E-state index in [-0.39, 0.29) is 17.5 Å². The summed E-state index contributed by atoms with van der Waals surface area (Å²) in [6.07, 6.45) is -21.6. The van der Waals surface area contributed by atoms with E-state index in [9.17, 15) is 53.2 Å². The molecule has 9 N–H and O–H groups in total. The van der Waals surface area contributed by atoms with E-state index < -0.39 is 121 Å². The summed E-state index contributed by atoms with van der Waals surface area (Å²) < 4.78 is 66.7. The van der Waals surface area contributed by atoms with E-state index in [1.54, 1.807) is 43.3 Å². The molecule has 0 unspecified atom stereocenters. The first-order chi connectivity index (χ1) is 24.7. The number of benzene rings is 2. The van der Waals surface area contributed by atoms with Gasteiger partial charge in [-0.25, -0.2) is 4.18 Å². The maximum atomic E-state index is 13.7. The molecule has 19 nitrogen and oxygen atoms in total. The molecule has 288 valence electrons. The lowest BCUT2D eigenvalue weighted by Gasteiger charge is -2.50. The number of amides is 2. The first-order valence-electron chi connectivity index (χ1n) is 16.3. The highest BCUT2D eigenvalue weighted by Gasteiger charge is 2.55. The Labute approximate surface area is 297 Å². The fourth-order valence-electron chi connectivity index (χ4n) is 6.19. The fraction of sp³-hybridized carbons (Fsp3) is 0.562. The van der Waals surface area contributed by atoms with Gasteiger partial charge in [0.25, 0.3) is 11.8 Å². The monoisotopic (exact) mass is 758 g/mol. The molecule has 3 aliphatic heterocycles. The van der Waals surface area contributed by atoms with Crippen molar-refractivity contribution in [1.82, 2.24) is 10.6 Å². The summed E-state index contributed by atoms with van der Waals surface area (Å²) in [5.74, 6) is -1.38. The molecule has 3 fully saturated rings. The van der Waals surface area contributed by atoms with Crippen molar-refractivity contribution in [1.29, 1.82) is 0 Å². The average Bonchev–Trinajstić information content (AvgIpc) is 3.12. The molecule has 3 aliphatic rings. The number of rotatable bonds is 12. The molecule has 0 spiro atoms. The van der Waals surface area contributed by atoms with Crippen molar-refractivity contribution in [3.05, 3.63) is 71.8 Å². The number of aliphatic hydroxyl groups excluding tert-OH is 6. The number of nitrogens with one attached hydrogen (secondary N) is 2. The summed E-state index contributed by atoms with van der Waals surface area (Å²) in [4.78, 5) is 27.1. The third kappa shape index (κ3) is 9.48. The van der Waals surface area contributed by atoms with Gasteiger partial charge < -0.3 is 65.0 Å². The number of carbonyl (C=O) groups excluding carboxylic acids is 2. The Morgan fingerprint density at radius 1 is 0.731 bits per heavy atom. The van der Waals surface area contributed by atoms with Gasteiger partial charge in [0.2, 0.25) is 0 Å². The number of hydrogen-bond donors (Lipinski definition) is 9. The third-order valence-corrected chi connectivity index (χ3v) is 9.23. The molecule has 0 saturated carbocycles. The minimum atomic E-state index is -5.29. The molecular formula is C32H42N2O17S. The van der Waals surface area contributed by atoms with Crippen molar-refractivity contribution in [3.63, 3.8) is 0 Å². The number of ether oxygens (including phenoxy) is 5. The second kappa shape index (κ2) is 17.3. The van der Waals surface area contributed by atoms with Crippen LogP contribution in [-0.2, 0) is 38.3 Å². The van der Waals surface area contributed by atoms with Gasteiger partial charge in [0.05, 0.1) is 25.4 Å². The molecular weight excluding hydrogens is 716 g/mol. The topological polar surface area (TPSA) is 289 Å². The molecule has 0 radical (unpaired) electrons. The van der Waals surface area contributed by atoms with Crippen LogP contribution >= 0.6 is 0 Å². The number of carbonyl (C=O) groups is 2. The van der Waals surface area contributed by atoms with Crippen molar-refractivity contribution < 1.29 is 81.1 Å². The molecule has 2 amide bonds. The first-order valence-corrected chi connectivity index (χ1v) is 17.7. The molecule has 52 heavy (non-hydrogen) atoms. The average molecular weight is 759 g/mol. The van der Waals surface area contributed by atoms with Crippen LogP contribution in [0.3, 0.4) is 0 Å². The van der Waals surface area contributed by atoms with E-state index in [1.807, 2.05) is 0 Å². The van der Waals surface area contributed by atoms with Crippen LogP contribution in [0.25, 0.3) is 0 Å². The Morgan fingerprint density at radius 3 is 1.83 bits per heavy atom. The molecule has 5 rings (SSSR count). The molecule has 2 aromatic carbocycles. The van der Waals surface area contributed by atoms with Crippen molar-refractivity contribution >= 4 is 22.2 Å². The second-order valence-electron chi connectivity index (χ2n) is 12.5. The van der Waals surface area contributed by atoms with E-state index in [2.05, 4.69) is 14.8 Å². The minimum Gasteiger partial charge on any atom is -0.394 e. The molecule has 0 aromatic heterocycles. The highest BCUT2D eigenvalue weighted by molar-refractivity contribution is 7.80. The Balaban J connectivity index is 1.56. The highest BCUT2D eigenvalue weighted by atomic mass is 32.3. The molecule has 0 bridgehead atoms. The Kier molecular flexibility index (Phi) is 13.3. The van der Waals surface area contributed by atoms with Crippen molar-refractivity contribution in [2.24, 2.45) is 0 Å². The lowest BCUT2D eigenvalue weighted by Crippen LogP contribution is -2.71. The number of aliphatic hydroxyl groups is 6. The van der Waals surface area contributed by atoms with Crippen LogP contribution in [0.2, 0.25) is 0 Å². The Morgan fingerprint density at radius 2 is 1.27 bits per heavy atom. The van der Waals surface area contributed by atoms with Crippen LogP contribution in [0.15, 0.2) is 60.7 Å². The largest absolute Gasteiger partial charge is 0.397 e. The van der Waals surface area contributed by atoms with Crippen LogP contribution in [0.5, 0.6) is 0 Å². The maximum Gasteiger partial charge on any atom is 0.397 e. The quantitative estimate of drug-likeness (QED) is 0.0987. The van der Waals surface area contributed by atoms with Crippen LogP contribution in [0.4, 0.5) is 0 Å². The zero-order valence-electron chi connectivity index (χ0n) is 27.6. The fourth-order valence-corrected chi connectivity index (χ4v) is 6.70. The SMILES string of the molecule is C[C@H]1C[C@@H](O)[C@H](O)[C@H](O[C@@H]2[C@@H](NC(=O)c3ccccc3)[C@H](NC(=O)c3ccccc3)O[C@H](CO)[C@H]2O[C@@H]2O[C@H](CO)[C@H](O)[C@H](OS(=O)(=O)O)[C@H]2O)O1. The van der Waals surface area contributed by atoms with Gasteiger partial charge in [-0.05, 0) is 31.2 Å². The van der Waals surface area contributed by atoms with Crippen molar-refractivity contribution in [2.45, 2.75) is 99.2 Å². The van der Waals surface area contributed by atoms with Crippen LogP contribution in [0.1, 0.15) is 34.1 Å². The minimum absolute atomic E-state index is 0.0278. The standard InChI is InChI=1S/C32H42N2O17S/c1-15-12-18(37)22(38)31(46-15)50-26-21(33-28(41)16-8-4-2-5-9-16)30(34-29(42)17-10-6-3-7-11-17)47-20(14-36)25(26)49-32-24(40)27(51-52(43,44)45)23(39)19(13-35)48-32/h2-11,15,18-27,30-32,35-40H,12-14H2,1H3,(H,33,41)(H,34,42)(H,43,44,45)/t15-,18+,19+,20+,21+,22-,23-,24+,25+,26+,27-,30+,31-,32-/m0/s1. The van der Waals surface area contributed by atoms with E-state index >= 15 is 0 Å². The lowest BCUT2D eigenvalue weighted by atomic mass is 9.93. The van der Waals surface area contributed by atoms with Gasteiger partial charge in [-0.15, -0.1) is 0 Å². The van der Waals surface area contributed by atoms with Crippen LogP contribution < -0.4 is 10.6 Å². The Hall–Kier alpha value is -3.19. The summed E-state index contributed by atoms with van der Waals surface area (Å²) in [5, 5.41) is 68.9. The maximum absolute atomic E-state index is 13.7. The van der Waals surface area contributed by atoms with E-state index in [0.717, 1.165) is 0 Å². The van der Waals surface area contributed by atoms with Gasteiger partial charge in [-0.3, -0.25) is 14.1 Å². The number of hydrogen-bond acceptors (Lipinski definition) is 16. The van der Waals surface area contributed by atoms with E-state index in [0.29, 0.717) is 0 Å². The van der Waals surface area contributed by atoms with Gasteiger partial charge >= 0.3 is 10.4 Å². The molecule has 2 aromatic rings. The predicted octanol–water partition coefficient (Wildman–Crippen LogP) is -2.81. The molecule has 0 aliphatic carbocycles. The Bertz CT molecular complexity index is 1590. The summed E-state index contributed by atoms with van der Waals surface area (Å²) in [5.41, 5.74) is 0.348. The molecule has 14 atom stereocenters. The zero-order chi connectivity index (χ0) is 37.7. The van der Waals surface area contributed by atoms with Crippen LogP contribution in [0, 0.1) is 0 Å². The predicted molar refractivity (Wildman–Crippen MR) is 172 cm³/mol. The zero-order valence-corrected chi connectivity index (χ0v) is 28.4. The third-order valence-electron chi connectivity index (χ3n) is 8.76.